The Hall–Kier alpha value is -1.89. The van der Waals surface area contributed by atoms with E-state index in [0.29, 0.717) is 0 Å². The number of amides is 3. The third kappa shape index (κ3) is 3.61. The highest BCUT2D eigenvalue weighted by atomic mass is 32.2. The van der Waals surface area contributed by atoms with Crippen LogP contribution in [0.25, 0.3) is 0 Å². The summed E-state index contributed by atoms with van der Waals surface area (Å²) in [7, 11) is -0.0357. The number of nitrogens with one attached hydrogen (secondary N) is 3. The number of benzene rings is 1. The van der Waals surface area contributed by atoms with Gasteiger partial charge in [-0.15, -0.1) is 0 Å². The van der Waals surface area contributed by atoms with Crippen molar-refractivity contribution in [2.75, 3.05) is 18.1 Å². The van der Waals surface area contributed by atoms with Crippen LogP contribution in [0.3, 0.4) is 0 Å². The monoisotopic (exact) mass is 349 g/mol. The van der Waals surface area contributed by atoms with Crippen LogP contribution in [0.5, 0.6) is 0 Å². The maximum atomic E-state index is 12.2. The van der Waals surface area contributed by atoms with Gasteiger partial charge in [0.05, 0.1) is 5.75 Å². The summed E-state index contributed by atoms with van der Waals surface area (Å²) in [6.45, 7) is 0. The average Bonchev–Trinajstić information content (AvgIpc) is 3.20. The van der Waals surface area contributed by atoms with Crippen LogP contribution in [-0.4, -0.2) is 28.9 Å². The summed E-state index contributed by atoms with van der Waals surface area (Å²) in [6.07, 6.45) is 6.46. The second-order valence-corrected chi connectivity index (χ2v) is 7.57. The minimum Gasteiger partial charge on any atom is -0.359 e. The zero-order valence-corrected chi connectivity index (χ0v) is 14.7. The molecule has 0 aliphatic heterocycles. The average molecular weight is 349 g/mol. The number of hydrogen-bond acceptors (Lipinski definition) is 3. The lowest BCUT2D eigenvalue weighted by Gasteiger charge is -2.16. The van der Waals surface area contributed by atoms with E-state index in [1.54, 1.807) is 0 Å². The molecular weight excluding hydrogens is 326 g/mol. The van der Waals surface area contributed by atoms with Gasteiger partial charge in [-0.25, -0.2) is 9.00 Å². The number of carbonyl (C=O) groups is 2. The van der Waals surface area contributed by atoms with Gasteiger partial charge >= 0.3 is 6.03 Å². The highest BCUT2D eigenvalue weighted by Gasteiger charge is 2.25. The fourth-order valence-corrected chi connectivity index (χ4v) is 4.30. The van der Waals surface area contributed by atoms with Crippen LogP contribution < -0.4 is 15.4 Å². The molecule has 0 heterocycles. The Morgan fingerprint density at radius 1 is 1.08 bits per heavy atom. The van der Waals surface area contributed by atoms with Crippen LogP contribution >= 0.6 is 0 Å². The number of anilines is 1. The molecule has 24 heavy (non-hydrogen) atoms. The number of carbonyl (C=O) groups excluding carboxylic acids is 2. The first-order chi connectivity index (χ1) is 11.6. The van der Waals surface area contributed by atoms with Crippen LogP contribution in [0.15, 0.2) is 6.07 Å². The number of aryl methyl sites for hydroxylation is 2. The summed E-state index contributed by atoms with van der Waals surface area (Å²) < 4.78 is 14.3. The van der Waals surface area contributed by atoms with Gasteiger partial charge in [-0.05, 0) is 60.8 Å². The third-order valence-corrected chi connectivity index (χ3v) is 5.70. The zero-order valence-electron chi connectivity index (χ0n) is 13.9. The van der Waals surface area contributed by atoms with Gasteiger partial charge < -0.3 is 10.6 Å². The first-order valence-corrected chi connectivity index (χ1v) is 9.73. The molecule has 0 fully saturated rings. The molecule has 3 N–H and O–H groups in total. The maximum Gasteiger partial charge on any atom is 0.331 e. The molecule has 130 valence electrons. The Kier molecular flexibility index (Phi) is 5.18. The predicted molar refractivity (Wildman–Crippen MR) is 94.3 cm³/mol. The quantitative estimate of drug-likeness (QED) is 0.754. The maximum absolute atomic E-state index is 12.2. The van der Waals surface area contributed by atoms with E-state index in [1.165, 1.54) is 29.3 Å². The zero-order chi connectivity index (χ0) is 17.1. The first kappa shape index (κ1) is 17.0. The minimum absolute atomic E-state index is 0.109. The molecule has 2 aliphatic carbocycles. The lowest BCUT2D eigenvalue weighted by atomic mass is 9.99. The summed E-state index contributed by atoms with van der Waals surface area (Å²) in [5.41, 5.74) is 6.08. The summed E-state index contributed by atoms with van der Waals surface area (Å²) in [6, 6.07) is 1.84. The first-order valence-electron chi connectivity index (χ1n) is 8.41. The SMILES string of the molecule is CNC(=O)CCS(=O)NC(=O)Nc1c2c(cc3c1CCC3)CCC2. The molecule has 7 heteroatoms. The summed E-state index contributed by atoms with van der Waals surface area (Å²) in [5, 5.41) is 5.40. The molecule has 6 nitrogen and oxygen atoms in total. The summed E-state index contributed by atoms with van der Waals surface area (Å²) in [5.74, 6) is -0.0813. The van der Waals surface area contributed by atoms with E-state index in [1.807, 2.05) is 0 Å². The van der Waals surface area contributed by atoms with E-state index >= 15 is 0 Å². The Balaban J connectivity index is 1.67. The van der Waals surface area contributed by atoms with Crippen LogP contribution in [0, 0.1) is 0 Å². The lowest BCUT2D eigenvalue weighted by Crippen LogP contribution is -2.33. The molecule has 3 amide bonds. The highest BCUT2D eigenvalue weighted by molar-refractivity contribution is 7.83. The molecule has 1 aromatic rings. The molecule has 0 aromatic heterocycles. The van der Waals surface area contributed by atoms with Gasteiger partial charge in [0.25, 0.3) is 0 Å². The smallest absolute Gasteiger partial charge is 0.331 e. The van der Waals surface area contributed by atoms with Gasteiger partial charge in [0.2, 0.25) is 5.91 Å². The van der Waals surface area contributed by atoms with Crippen molar-refractivity contribution < 1.29 is 13.8 Å². The van der Waals surface area contributed by atoms with Crippen molar-refractivity contribution in [3.05, 3.63) is 28.3 Å². The number of hydrogen-bond donors (Lipinski definition) is 3. The second-order valence-electron chi connectivity index (χ2n) is 6.26. The Morgan fingerprint density at radius 3 is 2.29 bits per heavy atom. The molecule has 2 aliphatic rings. The highest BCUT2D eigenvalue weighted by Crippen LogP contribution is 2.38. The number of rotatable bonds is 5. The van der Waals surface area contributed by atoms with E-state index in [0.717, 1.165) is 44.2 Å². The van der Waals surface area contributed by atoms with Crippen molar-refractivity contribution in [3.63, 3.8) is 0 Å². The Bertz CT molecular complexity index is 671. The van der Waals surface area contributed by atoms with E-state index < -0.39 is 17.0 Å². The van der Waals surface area contributed by atoms with Crippen molar-refractivity contribution in [1.29, 1.82) is 0 Å². The lowest BCUT2D eigenvalue weighted by molar-refractivity contribution is -0.120. The van der Waals surface area contributed by atoms with Gasteiger partial charge in [-0.3, -0.25) is 9.52 Å². The summed E-state index contributed by atoms with van der Waals surface area (Å²) >= 11 is 0. The van der Waals surface area contributed by atoms with Crippen LogP contribution in [0.4, 0.5) is 10.5 Å². The largest absolute Gasteiger partial charge is 0.359 e. The van der Waals surface area contributed by atoms with Gasteiger partial charge in [0.1, 0.15) is 11.0 Å². The molecule has 1 unspecified atom stereocenters. The third-order valence-electron chi connectivity index (χ3n) is 4.71. The topological polar surface area (TPSA) is 87.3 Å². The molecule has 1 atom stereocenters. The minimum atomic E-state index is -1.57. The fourth-order valence-electron chi connectivity index (χ4n) is 3.57. The van der Waals surface area contributed by atoms with E-state index in [4.69, 9.17) is 0 Å². The van der Waals surface area contributed by atoms with Crippen LogP contribution in [-0.2, 0) is 41.5 Å². The molecule has 0 saturated heterocycles. The van der Waals surface area contributed by atoms with Gasteiger partial charge in [0, 0.05) is 19.2 Å². The fraction of sp³-hybridized carbons (Fsp3) is 0.529. The van der Waals surface area contributed by atoms with Crippen molar-refractivity contribution in [2.24, 2.45) is 0 Å². The van der Waals surface area contributed by atoms with Gasteiger partial charge in [0.15, 0.2) is 0 Å². The molecule has 0 saturated carbocycles. The number of fused-ring (bicyclic) bond motifs is 2. The van der Waals surface area contributed by atoms with Gasteiger partial charge in [-0.1, -0.05) is 6.07 Å². The molecule has 1 aromatic carbocycles. The Labute approximate surface area is 144 Å². The van der Waals surface area contributed by atoms with E-state index in [-0.39, 0.29) is 18.1 Å². The summed E-state index contributed by atoms with van der Waals surface area (Å²) in [4.78, 5) is 23.4. The Morgan fingerprint density at radius 2 is 1.71 bits per heavy atom. The predicted octanol–water partition coefficient (Wildman–Crippen LogP) is 1.59. The van der Waals surface area contributed by atoms with Crippen molar-refractivity contribution in [3.8, 4) is 0 Å². The number of urea groups is 1. The molecule has 3 rings (SSSR count). The standard InChI is InChI=1S/C17H23N3O3S/c1-18-15(21)8-9-24(23)20-17(22)19-16-13-6-2-4-11(13)10-12-5-3-7-14(12)16/h10H,2-9H2,1H3,(H,18,21)(H2,19,20,22). The second kappa shape index (κ2) is 7.34. The molecule has 0 bridgehead atoms. The van der Waals surface area contributed by atoms with Crippen molar-refractivity contribution in [2.45, 2.75) is 44.9 Å². The molecular formula is C17H23N3O3S. The van der Waals surface area contributed by atoms with Crippen molar-refractivity contribution in [1.82, 2.24) is 10.0 Å². The normalized spacial score (nSPS) is 16.2. The molecule has 0 spiro atoms. The van der Waals surface area contributed by atoms with Crippen LogP contribution in [0.1, 0.15) is 41.5 Å². The van der Waals surface area contributed by atoms with E-state index in [9.17, 15) is 13.8 Å². The van der Waals surface area contributed by atoms with Gasteiger partial charge in [-0.2, -0.15) is 0 Å². The van der Waals surface area contributed by atoms with Crippen LogP contribution in [0.2, 0.25) is 0 Å². The van der Waals surface area contributed by atoms with E-state index in [2.05, 4.69) is 21.4 Å². The van der Waals surface area contributed by atoms with Crippen molar-refractivity contribution >= 4 is 28.6 Å². The molecule has 0 radical (unpaired) electrons.